The van der Waals surface area contributed by atoms with Crippen LogP contribution in [0.1, 0.15) is 18.4 Å². The molecule has 2 aromatic carbocycles. The first-order valence-electron chi connectivity index (χ1n) is 11.1. The fraction of sp³-hybridized carbons (Fsp3) is 0.222. The molecule has 1 aliphatic rings. The number of aromatic nitrogens is 2. The van der Waals surface area contributed by atoms with Gasteiger partial charge in [0.2, 0.25) is 5.91 Å². The van der Waals surface area contributed by atoms with Crippen LogP contribution in [0.3, 0.4) is 0 Å². The number of nitrogens with zero attached hydrogens (tertiary/aromatic N) is 2. The minimum atomic E-state index is -0.481. The third-order valence-corrected chi connectivity index (χ3v) is 6.70. The van der Waals surface area contributed by atoms with Gasteiger partial charge in [-0.15, -0.1) is 11.8 Å². The highest BCUT2D eigenvalue weighted by Crippen LogP contribution is 2.41. The number of anilines is 1. The van der Waals surface area contributed by atoms with Crippen molar-refractivity contribution in [3.8, 4) is 16.9 Å². The van der Waals surface area contributed by atoms with Crippen LogP contribution in [0.25, 0.3) is 11.1 Å². The van der Waals surface area contributed by atoms with Crippen molar-refractivity contribution in [1.82, 2.24) is 10.2 Å². The van der Waals surface area contributed by atoms with Crippen molar-refractivity contribution in [1.29, 1.82) is 0 Å². The molecule has 2 heterocycles. The van der Waals surface area contributed by atoms with E-state index < -0.39 is 5.83 Å². The number of halogens is 2. The van der Waals surface area contributed by atoms with Crippen LogP contribution in [0.5, 0.6) is 5.75 Å². The molecule has 0 saturated heterocycles. The van der Waals surface area contributed by atoms with Gasteiger partial charge in [-0.1, -0.05) is 43.0 Å². The zero-order valence-corrected chi connectivity index (χ0v) is 21.7. The van der Waals surface area contributed by atoms with Gasteiger partial charge >= 0.3 is 0 Å². The summed E-state index contributed by atoms with van der Waals surface area (Å²) in [6.45, 7) is 11.1. The number of thioether (sulfide) groups is 1. The van der Waals surface area contributed by atoms with Gasteiger partial charge in [-0.05, 0) is 37.6 Å². The van der Waals surface area contributed by atoms with Crippen molar-refractivity contribution < 1.29 is 18.7 Å². The third-order valence-electron chi connectivity index (χ3n) is 5.19. The second-order valence-electron chi connectivity index (χ2n) is 7.50. The third kappa shape index (κ3) is 7.83. The first-order valence-corrected chi connectivity index (χ1v) is 12.5. The molecule has 3 aromatic rings. The Morgan fingerprint density at radius 2 is 2.03 bits per heavy atom. The highest BCUT2D eigenvalue weighted by Gasteiger charge is 2.25. The first-order chi connectivity index (χ1) is 17.4. The quantitative estimate of drug-likeness (QED) is 0.269. The van der Waals surface area contributed by atoms with E-state index in [-0.39, 0.29) is 5.91 Å². The summed E-state index contributed by atoms with van der Waals surface area (Å²) in [6.07, 6.45) is 5.85. The maximum Gasteiger partial charge on any atom is 0.227 e. The summed E-state index contributed by atoms with van der Waals surface area (Å²) in [4.78, 5) is 24.0. The number of hydrogen-bond acceptors (Lipinski definition) is 5. The molecule has 1 aliphatic heterocycles. The second-order valence-corrected chi connectivity index (χ2v) is 9.01. The zero-order valence-electron chi connectivity index (χ0n) is 20.1. The molecule has 0 spiro atoms. The molecule has 1 amide bonds. The average Bonchev–Trinajstić information content (AvgIpc) is 3.44. The van der Waals surface area contributed by atoms with Crippen molar-refractivity contribution in [2.75, 3.05) is 23.8 Å². The number of nitrogens with one attached hydrogen (secondary N) is 1. The average molecular weight is 530 g/mol. The highest BCUT2D eigenvalue weighted by molar-refractivity contribution is 7.99. The molecule has 0 radical (unpaired) electrons. The van der Waals surface area contributed by atoms with E-state index in [2.05, 4.69) is 29.4 Å². The summed E-state index contributed by atoms with van der Waals surface area (Å²) < 4.78 is 16.9. The number of amides is 1. The van der Waals surface area contributed by atoms with Crippen LogP contribution in [-0.4, -0.2) is 41.8 Å². The van der Waals surface area contributed by atoms with Gasteiger partial charge in [-0.25, -0.2) is 4.39 Å². The predicted molar refractivity (Wildman–Crippen MR) is 146 cm³/mol. The Morgan fingerprint density at radius 3 is 2.69 bits per heavy atom. The number of carbonyl (C=O) groups is 2. The van der Waals surface area contributed by atoms with Crippen LogP contribution in [-0.2, 0) is 9.59 Å². The largest absolute Gasteiger partial charge is 0.493 e. The Balaban J connectivity index is 0.000000583. The van der Waals surface area contributed by atoms with E-state index in [1.54, 1.807) is 11.8 Å². The molecule has 6 nitrogen and oxygen atoms in total. The maximum absolute atomic E-state index is 12.9. The Morgan fingerprint density at radius 1 is 1.31 bits per heavy atom. The molecule has 1 aromatic heterocycles. The Hall–Kier alpha value is -3.36. The molecule has 36 heavy (non-hydrogen) atoms. The number of allylic oxidation sites excluding steroid dienone is 2. The summed E-state index contributed by atoms with van der Waals surface area (Å²) >= 11 is 7.92. The number of H-pyrrole nitrogens is 1. The number of rotatable bonds is 7. The second kappa shape index (κ2) is 14.9. The van der Waals surface area contributed by atoms with E-state index in [1.165, 1.54) is 0 Å². The standard InChI is InChI=1S/C22H22ClN3O2S.C4H5F.CH2O/c1-15-18(23)6-3-8-20(15)28-11-4-9-21(27)26-10-12-29-22-17(5-2-7-19(22)26)16-13-24-25-14-16;1-3-4(2)5;1-2/h2-3,5-8,13-14H,4,9-12H2,1H3,(H,24,25);3H,1-2H2;1H2. The number of fused-ring (bicyclic) bond motifs is 1. The molecular weight excluding hydrogens is 501 g/mol. The van der Waals surface area contributed by atoms with Gasteiger partial charge in [-0.3, -0.25) is 9.89 Å². The summed E-state index contributed by atoms with van der Waals surface area (Å²) in [7, 11) is 0. The van der Waals surface area contributed by atoms with E-state index in [1.807, 2.05) is 61.3 Å². The van der Waals surface area contributed by atoms with Crippen molar-refractivity contribution in [3.05, 3.63) is 84.4 Å². The van der Waals surface area contributed by atoms with E-state index in [0.29, 0.717) is 24.5 Å². The number of hydrogen-bond donors (Lipinski definition) is 1. The molecule has 190 valence electrons. The van der Waals surface area contributed by atoms with Gasteiger partial charge in [-0.2, -0.15) is 5.10 Å². The summed E-state index contributed by atoms with van der Waals surface area (Å²) in [5.41, 5.74) is 4.05. The molecule has 0 unspecified atom stereocenters. The normalized spacial score (nSPS) is 11.7. The van der Waals surface area contributed by atoms with E-state index >= 15 is 0 Å². The molecule has 9 heteroatoms. The van der Waals surface area contributed by atoms with E-state index in [0.717, 1.165) is 51.4 Å². The maximum atomic E-state index is 12.9. The van der Waals surface area contributed by atoms with E-state index in [9.17, 15) is 9.18 Å². The van der Waals surface area contributed by atoms with Gasteiger partial charge in [0.15, 0.2) is 0 Å². The fourth-order valence-corrected chi connectivity index (χ4v) is 4.73. The molecule has 0 fully saturated rings. The van der Waals surface area contributed by atoms with Gasteiger partial charge < -0.3 is 14.4 Å². The molecule has 0 atom stereocenters. The van der Waals surface area contributed by atoms with Crippen LogP contribution >= 0.6 is 23.4 Å². The lowest BCUT2D eigenvalue weighted by atomic mass is 10.1. The minimum Gasteiger partial charge on any atom is -0.493 e. The SMILES string of the molecule is C=CC(=C)F.C=O.Cc1c(Cl)cccc1OCCCC(=O)N1CCSc2c(-c3cn[nH]c3)cccc21. The topological polar surface area (TPSA) is 75.3 Å². The molecule has 1 N–H and O–H groups in total. The first kappa shape index (κ1) is 28.9. The minimum absolute atomic E-state index is 0.127. The number of aromatic amines is 1. The molecule has 0 aliphatic carbocycles. The molecule has 0 bridgehead atoms. The zero-order chi connectivity index (χ0) is 26.5. The number of benzene rings is 2. The van der Waals surface area contributed by atoms with Gasteiger partial charge in [0.05, 0.1) is 18.5 Å². The van der Waals surface area contributed by atoms with Crippen LogP contribution < -0.4 is 9.64 Å². The summed E-state index contributed by atoms with van der Waals surface area (Å²) in [5, 5.41) is 7.60. The number of carbonyl (C=O) groups excluding carboxylic acids is 2. The Bertz CT molecular complexity index is 1170. The Kier molecular flexibility index (Phi) is 12.0. The monoisotopic (exact) mass is 529 g/mol. The van der Waals surface area contributed by atoms with E-state index in [4.69, 9.17) is 21.1 Å². The van der Waals surface area contributed by atoms with Crippen LogP contribution in [0.4, 0.5) is 10.1 Å². The fourth-order valence-electron chi connectivity index (χ4n) is 3.42. The lowest BCUT2D eigenvalue weighted by molar-refractivity contribution is -0.118. The van der Waals surface area contributed by atoms with Crippen molar-refractivity contribution in [3.63, 3.8) is 0 Å². The van der Waals surface area contributed by atoms with Crippen molar-refractivity contribution in [2.45, 2.75) is 24.7 Å². The van der Waals surface area contributed by atoms with Crippen LogP contribution in [0.2, 0.25) is 5.02 Å². The van der Waals surface area contributed by atoms with Gasteiger partial charge in [0.25, 0.3) is 0 Å². The van der Waals surface area contributed by atoms with Crippen LogP contribution in [0, 0.1) is 6.92 Å². The predicted octanol–water partition coefficient (Wildman–Crippen LogP) is 6.81. The summed E-state index contributed by atoms with van der Waals surface area (Å²) in [5.74, 6) is 1.30. The van der Waals surface area contributed by atoms with Crippen molar-refractivity contribution in [2.24, 2.45) is 0 Å². The molecule has 4 rings (SSSR count). The van der Waals surface area contributed by atoms with Gasteiger partial charge in [0, 0.05) is 51.5 Å². The van der Waals surface area contributed by atoms with Crippen molar-refractivity contribution >= 4 is 41.7 Å². The van der Waals surface area contributed by atoms with Crippen LogP contribution in [0.15, 0.2) is 78.7 Å². The lowest BCUT2D eigenvalue weighted by Gasteiger charge is -2.30. The number of ether oxygens (including phenoxy) is 1. The lowest BCUT2D eigenvalue weighted by Crippen LogP contribution is -2.35. The smallest absolute Gasteiger partial charge is 0.227 e. The summed E-state index contributed by atoms with van der Waals surface area (Å²) in [6, 6.07) is 11.7. The Labute approximate surface area is 220 Å². The highest BCUT2D eigenvalue weighted by atomic mass is 35.5. The molecule has 0 saturated carbocycles. The van der Waals surface area contributed by atoms with Gasteiger partial charge in [0.1, 0.15) is 18.4 Å². The molecular formula is C27H29ClFN3O3S.